The number of allylic oxidation sites excluding steroid dienone is 1. The number of amides is 1. The van der Waals surface area contributed by atoms with Gasteiger partial charge < -0.3 is 20.1 Å². The summed E-state index contributed by atoms with van der Waals surface area (Å²) in [5.41, 5.74) is 5.78. The van der Waals surface area contributed by atoms with E-state index in [0.717, 1.165) is 43.1 Å². The van der Waals surface area contributed by atoms with Crippen LogP contribution in [-0.2, 0) is 11.3 Å². The SMILES string of the molecule is C=C(Cn1cc(C(C)=O)c2cc(Nc3cncnc3)ccc21)N1CC(F)C[C@H]1C(=O)Nc1ccccc1-c1nc2ccccc2s1. The minimum absolute atomic E-state index is 0.0531. The summed E-state index contributed by atoms with van der Waals surface area (Å²) < 4.78 is 17.9. The fourth-order valence-electron chi connectivity index (χ4n) is 5.97. The number of aromatic nitrogens is 4. The third-order valence-electron chi connectivity index (χ3n) is 8.13. The minimum Gasteiger partial charge on any atom is -0.359 e. The lowest BCUT2D eigenvalue weighted by Gasteiger charge is -2.28. The molecule has 6 aromatic rings. The van der Waals surface area contributed by atoms with Crippen LogP contribution in [0.3, 0.4) is 0 Å². The van der Waals surface area contributed by atoms with Crippen molar-refractivity contribution < 1.29 is 14.0 Å². The largest absolute Gasteiger partial charge is 0.359 e. The molecule has 1 fully saturated rings. The number of likely N-dealkylation sites (tertiary alicyclic amines) is 1. The lowest BCUT2D eigenvalue weighted by Crippen LogP contribution is -2.39. The molecule has 46 heavy (non-hydrogen) atoms. The summed E-state index contributed by atoms with van der Waals surface area (Å²) in [4.78, 5) is 40.9. The predicted octanol–water partition coefficient (Wildman–Crippen LogP) is 7.22. The summed E-state index contributed by atoms with van der Waals surface area (Å²) in [5, 5.41) is 7.88. The fourth-order valence-corrected chi connectivity index (χ4v) is 6.97. The van der Waals surface area contributed by atoms with Gasteiger partial charge in [-0.1, -0.05) is 30.8 Å². The summed E-state index contributed by atoms with van der Waals surface area (Å²) in [6, 6.07) is 20.4. The number of thiazole rings is 1. The molecule has 0 bridgehead atoms. The molecule has 2 N–H and O–H groups in total. The third-order valence-corrected chi connectivity index (χ3v) is 9.20. The van der Waals surface area contributed by atoms with Crippen LogP contribution < -0.4 is 10.6 Å². The Hall–Kier alpha value is -5.42. The molecular formula is C35H30FN7O2S. The Kier molecular flexibility index (Phi) is 7.75. The number of hydrogen-bond donors (Lipinski definition) is 2. The van der Waals surface area contributed by atoms with Crippen molar-refractivity contribution in [2.75, 3.05) is 17.2 Å². The lowest BCUT2D eigenvalue weighted by atomic mass is 10.1. The number of benzene rings is 3. The number of para-hydroxylation sites is 2. The molecule has 11 heteroatoms. The Morgan fingerprint density at radius 3 is 2.63 bits per heavy atom. The molecule has 9 nitrogen and oxygen atoms in total. The first-order chi connectivity index (χ1) is 22.3. The zero-order chi connectivity index (χ0) is 31.8. The van der Waals surface area contributed by atoms with Crippen LogP contribution in [0.5, 0.6) is 0 Å². The van der Waals surface area contributed by atoms with Crippen molar-refractivity contribution in [1.29, 1.82) is 0 Å². The maximum atomic E-state index is 14.9. The number of fused-ring (bicyclic) bond motifs is 2. The van der Waals surface area contributed by atoms with Gasteiger partial charge in [0.2, 0.25) is 5.91 Å². The van der Waals surface area contributed by atoms with E-state index in [1.54, 1.807) is 34.8 Å². The van der Waals surface area contributed by atoms with Gasteiger partial charge >= 0.3 is 0 Å². The van der Waals surface area contributed by atoms with E-state index in [1.807, 2.05) is 71.3 Å². The summed E-state index contributed by atoms with van der Waals surface area (Å²) in [6.07, 6.45) is 5.45. The minimum atomic E-state index is -1.18. The van der Waals surface area contributed by atoms with Crippen molar-refractivity contribution in [1.82, 2.24) is 24.4 Å². The Labute approximate surface area is 268 Å². The van der Waals surface area contributed by atoms with Crippen molar-refractivity contribution in [3.8, 4) is 10.6 Å². The van der Waals surface area contributed by atoms with E-state index in [1.165, 1.54) is 13.3 Å². The van der Waals surface area contributed by atoms with Gasteiger partial charge in [-0.05, 0) is 49.4 Å². The van der Waals surface area contributed by atoms with E-state index in [9.17, 15) is 14.0 Å². The number of nitrogens with one attached hydrogen (secondary N) is 2. The normalized spacial score (nSPS) is 16.2. The maximum absolute atomic E-state index is 14.9. The van der Waals surface area contributed by atoms with E-state index < -0.39 is 12.2 Å². The molecular weight excluding hydrogens is 601 g/mol. The summed E-state index contributed by atoms with van der Waals surface area (Å²) >= 11 is 1.55. The first kappa shape index (κ1) is 29.3. The maximum Gasteiger partial charge on any atom is 0.247 e. The number of Topliss-reactive ketones (excluding diaryl/α,β-unsaturated/α-hetero) is 1. The second-order valence-corrected chi connectivity index (χ2v) is 12.3. The molecule has 1 aliphatic rings. The molecule has 1 amide bonds. The highest BCUT2D eigenvalue weighted by Crippen LogP contribution is 2.35. The highest BCUT2D eigenvalue weighted by Gasteiger charge is 2.38. The highest BCUT2D eigenvalue weighted by molar-refractivity contribution is 7.21. The van der Waals surface area contributed by atoms with Crippen LogP contribution in [0.25, 0.3) is 31.7 Å². The van der Waals surface area contributed by atoms with Gasteiger partial charge in [0.25, 0.3) is 0 Å². The van der Waals surface area contributed by atoms with Gasteiger partial charge in [-0.3, -0.25) is 9.59 Å². The van der Waals surface area contributed by atoms with Crippen LogP contribution in [0, 0.1) is 0 Å². The molecule has 0 radical (unpaired) electrons. The van der Waals surface area contributed by atoms with Crippen molar-refractivity contribution in [3.05, 3.63) is 109 Å². The van der Waals surface area contributed by atoms with Gasteiger partial charge in [0.1, 0.15) is 23.5 Å². The van der Waals surface area contributed by atoms with Gasteiger partial charge in [-0.15, -0.1) is 11.3 Å². The Balaban J connectivity index is 1.12. The Bertz CT molecular complexity index is 2080. The van der Waals surface area contributed by atoms with Gasteiger partial charge in [-0.25, -0.2) is 19.3 Å². The van der Waals surface area contributed by atoms with Crippen LogP contribution in [0.1, 0.15) is 23.7 Å². The second-order valence-electron chi connectivity index (χ2n) is 11.3. The Morgan fingerprint density at radius 2 is 1.83 bits per heavy atom. The van der Waals surface area contributed by atoms with Gasteiger partial charge in [0, 0.05) is 52.6 Å². The topological polar surface area (TPSA) is 105 Å². The van der Waals surface area contributed by atoms with Crippen LogP contribution in [0.15, 0.2) is 104 Å². The van der Waals surface area contributed by atoms with Gasteiger partial charge in [0.15, 0.2) is 5.78 Å². The average Bonchev–Trinajstić information content (AvgIpc) is 3.77. The van der Waals surface area contributed by atoms with E-state index >= 15 is 0 Å². The van der Waals surface area contributed by atoms with Crippen molar-refractivity contribution in [2.45, 2.75) is 32.1 Å². The summed E-state index contributed by atoms with van der Waals surface area (Å²) in [6.45, 7) is 6.13. The zero-order valence-electron chi connectivity index (χ0n) is 25.0. The number of alkyl halides is 1. The number of carbonyl (C=O) groups excluding carboxylic acids is 2. The molecule has 1 aliphatic heterocycles. The number of carbonyl (C=O) groups is 2. The van der Waals surface area contributed by atoms with Crippen LogP contribution in [-0.4, -0.2) is 54.9 Å². The second kappa shape index (κ2) is 12.2. The van der Waals surface area contributed by atoms with Crippen molar-refractivity contribution in [2.24, 2.45) is 0 Å². The number of nitrogens with zero attached hydrogens (tertiary/aromatic N) is 5. The van der Waals surface area contributed by atoms with Crippen LogP contribution in [0.4, 0.5) is 21.5 Å². The van der Waals surface area contributed by atoms with Crippen LogP contribution in [0.2, 0.25) is 0 Å². The standard InChI is InChI=1S/C35H30FN7O2S/c1-21(17-42-19-28(22(2)44)27-14-24(11-12-31(27)42)39-25-15-37-20-38-16-25)43-18-23(36)13-32(43)34(45)40-29-8-4-3-7-26(29)35-41-30-9-5-6-10-33(30)46-35/h3-12,14-16,19-20,23,32,39H,1,13,17-18H2,2H3,(H,40,45)/t23?,32-/m0/s1. The molecule has 1 saturated heterocycles. The number of rotatable bonds is 9. The molecule has 3 aromatic carbocycles. The molecule has 2 atom stereocenters. The monoisotopic (exact) mass is 631 g/mol. The molecule has 0 aliphatic carbocycles. The quantitative estimate of drug-likeness (QED) is 0.162. The van der Waals surface area contributed by atoms with Crippen molar-refractivity contribution >= 4 is 61.2 Å². The number of ketones is 1. The third kappa shape index (κ3) is 5.72. The molecule has 0 spiro atoms. The molecule has 0 saturated carbocycles. The predicted molar refractivity (Wildman–Crippen MR) is 180 cm³/mol. The van der Waals surface area contributed by atoms with Gasteiger partial charge in [-0.2, -0.15) is 0 Å². The molecule has 4 heterocycles. The number of anilines is 3. The lowest BCUT2D eigenvalue weighted by molar-refractivity contribution is -0.119. The molecule has 1 unspecified atom stereocenters. The smallest absolute Gasteiger partial charge is 0.247 e. The number of hydrogen-bond acceptors (Lipinski definition) is 8. The van der Waals surface area contributed by atoms with E-state index in [2.05, 4.69) is 27.2 Å². The Morgan fingerprint density at radius 1 is 1.04 bits per heavy atom. The fraction of sp³-hybridized carbons (Fsp3) is 0.171. The zero-order valence-corrected chi connectivity index (χ0v) is 25.8. The average molecular weight is 632 g/mol. The first-order valence-electron chi connectivity index (χ1n) is 14.8. The number of halogens is 1. The van der Waals surface area contributed by atoms with E-state index in [4.69, 9.17) is 4.98 Å². The van der Waals surface area contributed by atoms with Gasteiger partial charge in [0.05, 0.1) is 40.5 Å². The summed E-state index contributed by atoms with van der Waals surface area (Å²) in [7, 11) is 0. The molecule has 7 rings (SSSR count). The van der Waals surface area contributed by atoms with Crippen molar-refractivity contribution in [3.63, 3.8) is 0 Å². The molecule has 230 valence electrons. The first-order valence-corrected chi connectivity index (χ1v) is 15.7. The molecule has 3 aromatic heterocycles. The van der Waals surface area contributed by atoms with E-state index in [-0.39, 0.29) is 31.2 Å². The summed E-state index contributed by atoms with van der Waals surface area (Å²) in [5.74, 6) is -0.388. The van der Waals surface area contributed by atoms with E-state index in [0.29, 0.717) is 16.9 Å². The van der Waals surface area contributed by atoms with Crippen LogP contribution >= 0.6 is 11.3 Å². The highest BCUT2D eigenvalue weighted by atomic mass is 32.1.